The third-order valence-electron chi connectivity index (χ3n) is 3.56. The molecule has 1 rings (SSSR count). The molecule has 0 saturated carbocycles. The van der Waals surface area contributed by atoms with Gasteiger partial charge in [0.2, 0.25) is 0 Å². The lowest BCUT2D eigenvalue weighted by Gasteiger charge is -2.25. The van der Waals surface area contributed by atoms with E-state index in [0.29, 0.717) is 0 Å². The lowest BCUT2D eigenvalue weighted by Crippen LogP contribution is -2.46. The van der Waals surface area contributed by atoms with Crippen molar-refractivity contribution in [2.45, 2.75) is 71.6 Å². The summed E-state index contributed by atoms with van der Waals surface area (Å²) in [5.41, 5.74) is 0.0569. The van der Waals surface area contributed by atoms with E-state index in [0.717, 1.165) is 10.0 Å². The molecule has 0 saturated heterocycles. The van der Waals surface area contributed by atoms with Crippen molar-refractivity contribution in [1.29, 1.82) is 0 Å². The van der Waals surface area contributed by atoms with Crippen molar-refractivity contribution in [2.24, 2.45) is 0 Å². The summed E-state index contributed by atoms with van der Waals surface area (Å²) < 4.78 is 11.4. The molecule has 0 aromatic heterocycles. The van der Waals surface area contributed by atoms with Gasteiger partial charge in [-0.25, -0.2) is 9.59 Å². The lowest BCUT2D eigenvalue weighted by atomic mass is 9.89. The number of Topliss-reactive ketones (excluding diaryl/α,β-unsaturated/α-hetero) is 1. The zero-order valence-electron chi connectivity index (χ0n) is 16.7. The summed E-state index contributed by atoms with van der Waals surface area (Å²) in [6, 6.07) is 6.28. The van der Waals surface area contributed by atoms with Gasteiger partial charge in [0, 0.05) is 10.4 Å². The maximum Gasteiger partial charge on any atom is 0.408 e. The smallest absolute Gasteiger partial charge is 0.408 e. The highest BCUT2D eigenvalue weighted by Gasteiger charge is 2.31. The molecule has 0 radical (unpaired) electrons. The molecule has 0 aliphatic carbocycles. The van der Waals surface area contributed by atoms with E-state index in [1.807, 2.05) is 24.3 Å². The zero-order chi connectivity index (χ0) is 20.8. The van der Waals surface area contributed by atoms with Gasteiger partial charge < -0.3 is 14.8 Å². The van der Waals surface area contributed by atoms with Crippen LogP contribution in [0.5, 0.6) is 0 Å². The number of hydrogen-bond donors (Lipinski definition) is 1. The molecule has 1 aromatic carbocycles. The van der Waals surface area contributed by atoms with Crippen molar-refractivity contribution in [2.75, 3.05) is 0 Å². The molecule has 7 heteroatoms. The van der Waals surface area contributed by atoms with Crippen LogP contribution in [0.1, 0.15) is 59.4 Å². The molecule has 0 aliphatic rings. The van der Waals surface area contributed by atoms with Crippen LogP contribution in [-0.4, -0.2) is 35.6 Å². The Labute approximate surface area is 169 Å². The van der Waals surface area contributed by atoms with Gasteiger partial charge >= 0.3 is 12.1 Å². The summed E-state index contributed by atoms with van der Waals surface area (Å²) in [6.45, 7) is 10.1. The largest absolute Gasteiger partial charge is 0.461 e. The van der Waals surface area contributed by atoms with Crippen LogP contribution in [0.15, 0.2) is 28.7 Å². The molecule has 2 unspecified atom stereocenters. The van der Waals surface area contributed by atoms with Crippen LogP contribution in [0.25, 0.3) is 0 Å². The second-order valence-corrected chi connectivity index (χ2v) is 8.55. The second-order valence-electron chi connectivity index (χ2n) is 7.63. The summed E-state index contributed by atoms with van der Waals surface area (Å²) in [5.74, 6) is -1.26. The molecule has 0 heterocycles. The number of ketones is 1. The highest BCUT2D eigenvalue weighted by Crippen LogP contribution is 2.25. The first-order valence-electron chi connectivity index (χ1n) is 8.85. The van der Waals surface area contributed by atoms with Crippen molar-refractivity contribution >= 4 is 33.8 Å². The van der Waals surface area contributed by atoms with Crippen LogP contribution in [0.2, 0.25) is 0 Å². The van der Waals surface area contributed by atoms with Gasteiger partial charge in [-0.2, -0.15) is 0 Å². The number of benzene rings is 1. The van der Waals surface area contributed by atoms with Gasteiger partial charge in [-0.3, -0.25) is 4.79 Å². The van der Waals surface area contributed by atoms with Gasteiger partial charge in [0.25, 0.3) is 0 Å². The molecular formula is C20H28BrNO5. The summed E-state index contributed by atoms with van der Waals surface area (Å²) in [5, 5.41) is 2.55. The van der Waals surface area contributed by atoms with Crippen LogP contribution in [0.3, 0.4) is 0 Å². The first-order chi connectivity index (χ1) is 12.4. The Balaban J connectivity index is 3.04. The number of alkyl carbamates (subject to hydrolysis) is 1. The van der Waals surface area contributed by atoms with E-state index < -0.39 is 29.6 Å². The highest BCUT2D eigenvalue weighted by molar-refractivity contribution is 9.10. The number of rotatable bonds is 7. The minimum atomic E-state index is -1.00. The molecule has 2 atom stereocenters. The van der Waals surface area contributed by atoms with Crippen molar-refractivity contribution < 1.29 is 23.9 Å². The Kier molecular flexibility index (Phi) is 8.47. The minimum absolute atomic E-state index is 0.0851. The highest BCUT2D eigenvalue weighted by atomic mass is 79.9. The maximum atomic E-state index is 12.5. The lowest BCUT2D eigenvalue weighted by molar-refractivity contribution is -0.150. The molecule has 1 amide bonds. The average Bonchev–Trinajstić information content (AvgIpc) is 2.49. The van der Waals surface area contributed by atoms with E-state index in [1.165, 1.54) is 6.92 Å². The molecule has 150 valence electrons. The first kappa shape index (κ1) is 23.1. The summed E-state index contributed by atoms with van der Waals surface area (Å²) in [6.07, 6.45) is -0.989. The predicted octanol–water partition coefficient (Wildman–Crippen LogP) is 4.36. The van der Waals surface area contributed by atoms with Crippen molar-refractivity contribution in [3.63, 3.8) is 0 Å². The quantitative estimate of drug-likeness (QED) is 0.635. The number of halogens is 1. The summed E-state index contributed by atoms with van der Waals surface area (Å²) >= 11 is 3.36. The van der Waals surface area contributed by atoms with E-state index in [2.05, 4.69) is 21.2 Å². The molecule has 0 spiro atoms. The van der Waals surface area contributed by atoms with E-state index >= 15 is 0 Å². The van der Waals surface area contributed by atoms with Crippen LogP contribution in [0.4, 0.5) is 4.79 Å². The minimum Gasteiger partial charge on any atom is -0.461 e. The van der Waals surface area contributed by atoms with Gasteiger partial charge in [0.05, 0.1) is 6.10 Å². The molecule has 0 aliphatic heterocycles. The number of hydrogen-bond acceptors (Lipinski definition) is 5. The van der Waals surface area contributed by atoms with Crippen LogP contribution in [0, 0.1) is 0 Å². The third-order valence-corrected chi connectivity index (χ3v) is 4.09. The number of carbonyl (C=O) groups is 3. The topological polar surface area (TPSA) is 81.7 Å². The molecule has 1 N–H and O–H groups in total. The maximum absolute atomic E-state index is 12.5. The normalized spacial score (nSPS) is 13.6. The fourth-order valence-electron chi connectivity index (χ4n) is 2.45. The summed E-state index contributed by atoms with van der Waals surface area (Å²) in [7, 11) is 0. The van der Waals surface area contributed by atoms with E-state index in [9.17, 15) is 14.4 Å². The van der Waals surface area contributed by atoms with Crippen LogP contribution in [-0.2, 0) is 19.1 Å². The van der Waals surface area contributed by atoms with Gasteiger partial charge in [0.15, 0.2) is 0 Å². The van der Waals surface area contributed by atoms with E-state index in [-0.39, 0.29) is 18.3 Å². The molecule has 27 heavy (non-hydrogen) atoms. The molecule has 1 aromatic rings. The Bertz CT molecular complexity index is 664. The molecule has 0 bridgehead atoms. The Hall–Kier alpha value is -1.89. The van der Waals surface area contributed by atoms with E-state index in [1.54, 1.807) is 34.6 Å². The fraction of sp³-hybridized carbons (Fsp3) is 0.550. The third kappa shape index (κ3) is 8.56. The predicted molar refractivity (Wildman–Crippen MR) is 107 cm³/mol. The molecule has 6 nitrogen and oxygen atoms in total. The Morgan fingerprint density at radius 2 is 1.67 bits per heavy atom. The van der Waals surface area contributed by atoms with Gasteiger partial charge in [0.1, 0.15) is 17.4 Å². The van der Waals surface area contributed by atoms with Gasteiger partial charge in [-0.15, -0.1) is 0 Å². The van der Waals surface area contributed by atoms with Crippen molar-refractivity contribution in [3.05, 3.63) is 34.3 Å². The second kappa shape index (κ2) is 9.88. The van der Waals surface area contributed by atoms with Gasteiger partial charge in [-0.1, -0.05) is 28.1 Å². The standard InChI is InChI=1S/C20H28BrNO5/c1-12(2)26-18(24)17(22-19(25)27-20(4,5)6)11-16(13(3)23)14-7-9-15(21)10-8-14/h7-10,12,16-17H,11H2,1-6H3,(H,22,25). The SMILES string of the molecule is CC(=O)C(CC(NC(=O)OC(C)(C)C)C(=O)OC(C)C)c1ccc(Br)cc1. The fourth-order valence-corrected chi connectivity index (χ4v) is 2.71. The Morgan fingerprint density at radius 1 is 1.11 bits per heavy atom. The Morgan fingerprint density at radius 3 is 2.11 bits per heavy atom. The molecular weight excluding hydrogens is 414 g/mol. The van der Waals surface area contributed by atoms with Crippen molar-refractivity contribution in [1.82, 2.24) is 5.32 Å². The zero-order valence-corrected chi connectivity index (χ0v) is 18.3. The summed E-state index contributed by atoms with van der Waals surface area (Å²) in [4.78, 5) is 36.9. The monoisotopic (exact) mass is 441 g/mol. The van der Waals surface area contributed by atoms with Gasteiger partial charge in [-0.05, 0) is 65.7 Å². The number of ether oxygens (including phenoxy) is 2. The number of nitrogens with one attached hydrogen (secondary N) is 1. The molecule has 0 fully saturated rings. The van der Waals surface area contributed by atoms with E-state index in [4.69, 9.17) is 9.47 Å². The van der Waals surface area contributed by atoms with Crippen LogP contribution >= 0.6 is 15.9 Å². The first-order valence-corrected chi connectivity index (χ1v) is 9.64. The average molecular weight is 442 g/mol. The number of amides is 1. The van der Waals surface area contributed by atoms with Crippen molar-refractivity contribution in [3.8, 4) is 0 Å². The van der Waals surface area contributed by atoms with Crippen LogP contribution < -0.4 is 5.32 Å². The number of esters is 1. The number of carbonyl (C=O) groups excluding carboxylic acids is 3.